The number of aliphatic hydroxyl groups excluding tert-OH is 1. The lowest BCUT2D eigenvalue weighted by Crippen LogP contribution is -2.29. The molecule has 0 radical (unpaired) electrons. The van der Waals surface area contributed by atoms with Crippen LogP contribution in [0.5, 0.6) is 0 Å². The third-order valence-corrected chi connectivity index (χ3v) is 4.64. The fourth-order valence-corrected chi connectivity index (χ4v) is 2.92. The molecule has 0 atom stereocenters. The van der Waals surface area contributed by atoms with Crippen LogP contribution in [0.15, 0.2) is 23.4 Å². The van der Waals surface area contributed by atoms with Gasteiger partial charge in [-0.15, -0.1) is 0 Å². The Morgan fingerprint density at radius 1 is 1.42 bits per heavy atom. The zero-order valence-corrected chi connectivity index (χ0v) is 11.7. The minimum atomic E-state index is -3.60. The Hall–Kier alpha value is -1.22. The van der Waals surface area contributed by atoms with Crippen LogP contribution in [-0.2, 0) is 10.0 Å². The minimum absolute atomic E-state index is 0.0576. The number of hydrogen-bond acceptors (Lipinski definition) is 6. The number of pyridine rings is 1. The van der Waals surface area contributed by atoms with E-state index in [1.54, 1.807) is 0 Å². The summed E-state index contributed by atoms with van der Waals surface area (Å²) in [4.78, 5) is 3.87. The lowest BCUT2D eigenvalue weighted by atomic mass is 10.2. The molecule has 19 heavy (non-hydrogen) atoms. The predicted octanol–water partition coefficient (Wildman–Crippen LogP) is 0.150. The second kappa shape index (κ2) is 7.39. The van der Waals surface area contributed by atoms with Crippen molar-refractivity contribution < 1.29 is 13.5 Å². The molecule has 0 bridgehead atoms. The summed E-state index contributed by atoms with van der Waals surface area (Å²) >= 11 is 0. The van der Waals surface area contributed by atoms with E-state index in [2.05, 4.69) is 10.4 Å². The van der Waals surface area contributed by atoms with Gasteiger partial charge in [0.1, 0.15) is 4.90 Å². The van der Waals surface area contributed by atoms with Crippen LogP contribution < -0.4 is 11.3 Å². The molecule has 4 N–H and O–H groups in total. The summed E-state index contributed by atoms with van der Waals surface area (Å²) in [6.45, 7) is 0.515. The van der Waals surface area contributed by atoms with E-state index in [0.29, 0.717) is 25.1 Å². The van der Waals surface area contributed by atoms with Gasteiger partial charge >= 0.3 is 0 Å². The Balaban J connectivity index is 2.79. The van der Waals surface area contributed by atoms with Gasteiger partial charge in [0.05, 0.1) is 5.69 Å². The van der Waals surface area contributed by atoms with E-state index in [1.165, 1.54) is 29.8 Å². The molecule has 0 aliphatic heterocycles. The molecule has 0 unspecified atom stereocenters. The topological polar surface area (TPSA) is 109 Å². The Bertz CT molecular complexity index is 492. The highest BCUT2D eigenvalue weighted by Crippen LogP contribution is 2.22. The van der Waals surface area contributed by atoms with Crippen molar-refractivity contribution in [2.45, 2.75) is 24.2 Å². The first-order valence-electron chi connectivity index (χ1n) is 6.02. The number of rotatable bonds is 8. The summed E-state index contributed by atoms with van der Waals surface area (Å²) in [7, 11) is -2.09. The van der Waals surface area contributed by atoms with Crippen LogP contribution in [0.25, 0.3) is 0 Å². The standard InChI is InChI=1S/C11H20N4O3S/c1-15(7-3-2-4-8-16)19(17,18)11-9-13-6-5-10(11)14-12/h5-6,9,16H,2-4,7-8,12H2,1H3,(H,13,14). The van der Waals surface area contributed by atoms with Crippen molar-refractivity contribution in [2.24, 2.45) is 5.84 Å². The number of anilines is 1. The Morgan fingerprint density at radius 2 is 2.16 bits per heavy atom. The van der Waals surface area contributed by atoms with Crippen molar-refractivity contribution in [1.82, 2.24) is 9.29 Å². The van der Waals surface area contributed by atoms with Crippen molar-refractivity contribution in [3.8, 4) is 0 Å². The normalized spacial score (nSPS) is 11.8. The van der Waals surface area contributed by atoms with E-state index in [9.17, 15) is 8.42 Å². The van der Waals surface area contributed by atoms with Crippen LogP contribution in [0.3, 0.4) is 0 Å². The average molecular weight is 288 g/mol. The number of aliphatic hydroxyl groups is 1. The highest BCUT2D eigenvalue weighted by molar-refractivity contribution is 7.89. The van der Waals surface area contributed by atoms with Crippen LogP contribution in [0.1, 0.15) is 19.3 Å². The molecule has 0 spiro atoms. The molecule has 1 aromatic heterocycles. The first-order valence-corrected chi connectivity index (χ1v) is 7.46. The van der Waals surface area contributed by atoms with Crippen molar-refractivity contribution in [2.75, 3.05) is 25.6 Å². The molecule has 0 fully saturated rings. The predicted molar refractivity (Wildman–Crippen MR) is 72.8 cm³/mol. The summed E-state index contributed by atoms with van der Waals surface area (Å²) in [5, 5.41) is 8.68. The highest BCUT2D eigenvalue weighted by Gasteiger charge is 2.23. The van der Waals surface area contributed by atoms with Gasteiger partial charge in [0.25, 0.3) is 0 Å². The van der Waals surface area contributed by atoms with Gasteiger partial charge < -0.3 is 10.5 Å². The van der Waals surface area contributed by atoms with Gasteiger partial charge in [-0.05, 0) is 25.3 Å². The summed E-state index contributed by atoms with van der Waals surface area (Å²) < 4.78 is 25.9. The Morgan fingerprint density at radius 3 is 2.79 bits per heavy atom. The fourth-order valence-electron chi connectivity index (χ4n) is 1.62. The summed E-state index contributed by atoms with van der Waals surface area (Å²) in [5.41, 5.74) is 2.67. The number of hydrazine groups is 1. The maximum Gasteiger partial charge on any atom is 0.246 e. The molecule has 7 nitrogen and oxygen atoms in total. The molecule has 8 heteroatoms. The highest BCUT2D eigenvalue weighted by atomic mass is 32.2. The molecule has 1 heterocycles. The quantitative estimate of drug-likeness (QED) is 0.357. The first-order chi connectivity index (χ1) is 9.04. The SMILES string of the molecule is CN(CCCCCO)S(=O)(=O)c1cnccc1NN. The number of unbranched alkanes of at least 4 members (excludes halogenated alkanes) is 2. The van der Waals surface area contributed by atoms with Crippen LogP contribution >= 0.6 is 0 Å². The van der Waals surface area contributed by atoms with Crippen LogP contribution in [0, 0.1) is 0 Å². The minimum Gasteiger partial charge on any atom is -0.396 e. The third kappa shape index (κ3) is 4.13. The fraction of sp³-hybridized carbons (Fsp3) is 0.545. The van der Waals surface area contributed by atoms with E-state index in [-0.39, 0.29) is 11.5 Å². The number of nitrogens with two attached hydrogens (primary N) is 1. The van der Waals surface area contributed by atoms with Crippen LogP contribution in [0.2, 0.25) is 0 Å². The maximum absolute atomic E-state index is 12.3. The van der Waals surface area contributed by atoms with Crippen molar-refractivity contribution in [1.29, 1.82) is 0 Å². The number of sulfonamides is 1. The molecule has 0 aliphatic rings. The van der Waals surface area contributed by atoms with E-state index < -0.39 is 10.0 Å². The largest absolute Gasteiger partial charge is 0.396 e. The smallest absolute Gasteiger partial charge is 0.246 e. The second-order valence-corrected chi connectivity index (χ2v) is 6.14. The Kier molecular flexibility index (Phi) is 6.16. The van der Waals surface area contributed by atoms with Crippen LogP contribution in [0.4, 0.5) is 5.69 Å². The zero-order valence-electron chi connectivity index (χ0n) is 10.9. The van der Waals surface area contributed by atoms with Crippen molar-refractivity contribution in [3.05, 3.63) is 18.5 Å². The molecule has 0 saturated carbocycles. The summed E-state index contributed by atoms with van der Waals surface area (Å²) in [6, 6.07) is 1.51. The van der Waals surface area contributed by atoms with Gasteiger partial charge in [-0.3, -0.25) is 10.8 Å². The summed E-state index contributed by atoms with van der Waals surface area (Å²) in [5.74, 6) is 5.30. The van der Waals surface area contributed by atoms with E-state index in [4.69, 9.17) is 10.9 Å². The van der Waals surface area contributed by atoms with Gasteiger partial charge in [0, 0.05) is 32.6 Å². The number of nitrogen functional groups attached to an aromatic ring is 1. The Labute approximate surface area is 113 Å². The first kappa shape index (κ1) is 15.8. The van der Waals surface area contributed by atoms with Gasteiger partial charge in [0.2, 0.25) is 10.0 Å². The molecule has 1 aromatic rings. The third-order valence-electron chi connectivity index (χ3n) is 2.76. The van der Waals surface area contributed by atoms with Gasteiger partial charge in [-0.1, -0.05) is 0 Å². The van der Waals surface area contributed by atoms with Gasteiger partial charge in [0.15, 0.2) is 0 Å². The summed E-state index contributed by atoms with van der Waals surface area (Å²) in [6.07, 6.45) is 4.90. The molecule has 108 valence electrons. The number of nitrogens with one attached hydrogen (secondary N) is 1. The lowest BCUT2D eigenvalue weighted by Gasteiger charge is -2.18. The average Bonchev–Trinajstić information content (AvgIpc) is 2.43. The molecule has 0 saturated heterocycles. The molecule has 1 rings (SSSR count). The molecule has 0 aromatic carbocycles. The van der Waals surface area contributed by atoms with Gasteiger partial charge in [-0.25, -0.2) is 12.7 Å². The number of aromatic nitrogens is 1. The van der Waals surface area contributed by atoms with Crippen LogP contribution in [-0.4, -0.2) is 43.0 Å². The molecule has 0 amide bonds. The van der Waals surface area contributed by atoms with Crippen molar-refractivity contribution in [3.63, 3.8) is 0 Å². The van der Waals surface area contributed by atoms with E-state index >= 15 is 0 Å². The second-order valence-electron chi connectivity index (χ2n) is 4.13. The maximum atomic E-state index is 12.3. The molecule has 0 aliphatic carbocycles. The number of hydrogen-bond donors (Lipinski definition) is 3. The van der Waals surface area contributed by atoms with Crippen molar-refractivity contribution >= 4 is 15.7 Å². The van der Waals surface area contributed by atoms with Gasteiger partial charge in [-0.2, -0.15) is 0 Å². The number of nitrogens with zero attached hydrogens (tertiary/aromatic N) is 2. The monoisotopic (exact) mass is 288 g/mol. The van der Waals surface area contributed by atoms with E-state index in [1.807, 2.05) is 0 Å². The zero-order chi connectivity index (χ0) is 14.3. The molecular formula is C11H20N4O3S. The lowest BCUT2D eigenvalue weighted by molar-refractivity contribution is 0.281. The molecular weight excluding hydrogens is 268 g/mol. The van der Waals surface area contributed by atoms with E-state index in [0.717, 1.165) is 6.42 Å².